The van der Waals surface area contributed by atoms with E-state index in [1.807, 2.05) is 18.2 Å². The van der Waals surface area contributed by atoms with Gasteiger partial charge in [-0.05, 0) is 24.6 Å². The van der Waals surface area contributed by atoms with Crippen LogP contribution in [0.15, 0.2) is 18.2 Å². The van der Waals surface area contributed by atoms with Gasteiger partial charge >= 0.3 is 0 Å². The van der Waals surface area contributed by atoms with Gasteiger partial charge in [0.2, 0.25) is 0 Å². The van der Waals surface area contributed by atoms with E-state index in [1.165, 1.54) is 0 Å². The third kappa shape index (κ3) is 1.91. The summed E-state index contributed by atoms with van der Waals surface area (Å²) in [5, 5.41) is 9.15. The number of benzene rings is 1. The van der Waals surface area contributed by atoms with E-state index >= 15 is 0 Å². The van der Waals surface area contributed by atoms with Crippen molar-refractivity contribution < 1.29 is 14.6 Å². The van der Waals surface area contributed by atoms with Gasteiger partial charge in [0.1, 0.15) is 13.2 Å². The first-order valence-corrected chi connectivity index (χ1v) is 4.93. The van der Waals surface area contributed by atoms with Crippen molar-refractivity contribution in [2.24, 2.45) is 5.73 Å². The van der Waals surface area contributed by atoms with Crippen molar-refractivity contribution in [3.05, 3.63) is 23.8 Å². The largest absolute Gasteiger partial charge is 0.486 e. The highest BCUT2D eigenvalue weighted by atomic mass is 16.6. The molecule has 4 nitrogen and oxygen atoms in total. The zero-order chi connectivity index (χ0) is 10.9. The molecule has 0 saturated carbocycles. The molecular weight excluding hydrogens is 194 g/mol. The Morgan fingerprint density at radius 1 is 1.33 bits per heavy atom. The van der Waals surface area contributed by atoms with Crippen LogP contribution in [0.3, 0.4) is 0 Å². The summed E-state index contributed by atoms with van der Waals surface area (Å²) in [6.07, 6.45) is 0. The molecule has 0 saturated heterocycles. The molecule has 4 heteroatoms. The van der Waals surface area contributed by atoms with Crippen LogP contribution < -0.4 is 15.2 Å². The van der Waals surface area contributed by atoms with Crippen molar-refractivity contribution in [1.29, 1.82) is 0 Å². The average Bonchev–Trinajstić information content (AvgIpc) is 2.28. The summed E-state index contributed by atoms with van der Waals surface area (Å²) in [6.45, 7) is 2.80. The molecule has 0 bridgehead atoms. The van der Waals surface area contributed by atoms with Crippen LogP contribution in [0.1, 0.15) is 12.5 Å². The second-order valence-corrected chi connectivity index (χ2v) is 3.93. The Morgan fingerprint density at radius 3 is 2.67 bits per heavy atom. The maximum Gasteiger partial charge on any atom is 0.161 e. The minimum absolute atomic E-state index is 0.105. The summed E-state index contributed by atoms with van der Waals surface area (Å²) in [7, 11) is 0. The van der Waals surface area contributed by atoms with Gasteiger partial charge in [-0.2, -0.15) is 0 Å². The molecular formula is C11H15NO3. The molecule has 0 aromatic heterocycles. The Morgan fingerprint density at radius 2 is 2.00 bits per heavy atom. The summed E-state index contributed by atoms with van der Waals surface area (Å²) in [5.74, 6) is 1.43. The van der Waals surface area contributed by atoms with E-state index in [4.69, 9.17) is 20.3 Å². The molecule has 0 unspecified atom stereocenters. The molecule has 1 heterocycles. The monoisotopic (exact) mass is 209 g/mol. The number of aliphatic hydroxyl groups is 1. The second-order valence-electron chi connectivity index (χ2n) is 3.93. The van der Waals surface area contributed by atoms with Crippen LogP contribution in [0.4, 0.5) is 0 Å². The first kappa shape index (κ1) is 10.3. The number of hydrogen-bond acceptors (Lipinski definition) is 4. The lowest BCUT2D eigenvalue weighted by atomic mass is 9.94. The highest BCUT2D eigenvalue weighted by Crippen LogP contribution is 2.33. The topological polar surface area (TPSA) is 64.7 Å². The van der Waals surface area contributed by atoms with Gasteiger partial charge in [0.05, 0.1) is 12.1 Å². The molecule has 15 heavy (non-hydrogen) atoms. The van der Waals surface area contributed by atoms with Gasteiger partial charge in [-0.1, -0.05) is 6.07 Å². The molecule has 1 atom stereocenters. The summed E-state index contributed by atoms with van der Waals surface area (Å²) < 4.78 is 10.8. The smallest absolute Gasteiger partial charge is 0.161 e. The van der Waals surface area contributed by atoms with E-state index in [0.717, 1.165) is 11.3 Å². The van der Waals surface area contributed by atoms with Crippen LogP contribution >= 0.6 is 0 Å². The molecule has 2 rings (SSSR count). The summed E-state index contributed by atoms with van der Waals surface area (Å²) >= 11 is 0. The Bertz CT molecular complexity index is 363. The van der Waals surface area contributed by atoms with Crippen LogP contribution in [-0.2, 0) is 5.54 Å². The van der Waals surface area contributed by atoms with Crippen molar-refractivity contribution in [2.45, 2.75) is 12.5 Å². The lowest BCUT2D eigenvalue weighted by Crippen LogP contribution is -2.37. The fourth-order valence-corrected chi connectivity index (χ4v) is 1.49. The van der Waals surface area contributed by atoms with E-state index < -0.39 is 5.54 Å². The number of nitrogens with two attached hydrogens (primary N) is 1. The lowest BCUT2D eigenvalue weighted by Gasteiger charge is -2.25. The van der Waals surface area contributed by atoms with Crippen molar-refractivity contribution in [1.82, 2.24) is 0 Å². The molecule has 1 aromatic rings. The van der Waals surface area contributed by atoms with Gasteiger partial charge in [-0.3, -0.25) is 0 Å². The first-order chi connectivity index (χ1) is 7.13. The van der Waals surface area contributed by atoms with E-state index in [0.29, 0.717) is 19.0 Å². The Balaban J connectivity index is 2.36. The van der Waals surface area contributed by atoms with E-state index in [-0.39, 0.29) is 6.61 Å². The Kier molecular flexibility index (Phi) is 2.54. The number of hydrogen-bond donors (Lipinski definition) is 2. The van der Waals surface area contributed by atoms with Gasteiger partial charge in [-0.15, -0.1) is 0 Å². The van der Waals surface area contributed by atoms with Gasteiger partial charge in [0, 0.05) is 0 Å². The summed E-state index contributed by atoms with van der Waals surface area (Å²) in [4.78, 5) is 0. The van der Waals surface area contributed by atoms with Crippen LogP contribution in [0.5, 0.6) is 11.5 Å². The standard InChI is InChI=1S/C11H15NO3/c1-11(12,7-13)8-2-3-9-10(6-8)15-5-4-14-9/h2-3,6,13H,4-5,7,12H2,1H3/t11-/m0/s1. The maximum atomic E-state index is 9.15. The fourth-order valence-electron chi connectivity index (χ4n) is 1.49. The van der Waals surface area contributed by atoms with E-state index in [1.54, 1.807) is 6.92 Å². The molecule has 1 aliphatic heterocycles. The third-order valence-electron chi connectivity index (χ3n) is 2.53. The molecule has 0 radical (unpaired) electrons. The van der Waals surface area contributed by atoms with Gasteiger partial charge in [0.25, 0.3) is 0 Å². The van der Waals surface area contributed by atoms with Crippen LogP contribution in [-0.4, -0.2) is 24.9 Å². The van der Waals surface area contributed by atoms with Gasteiger partial charge < -0.3 is 20.3 Å². The molecule has 0 aliphatic carbocycles. The predicted octanol–water partition coefficient (Wildman–Crippen LogP) is 0.624. The van der Waals surface area contributed by atoms with Crippen LogP contribution in [0.2, 0.25) is 0 Å². The minimum atomic E-state index is -0.740. The predicted molar refractivity (Wildman–Crippen MR) is 56.1 cm³/mol. The highest BCUT2D eigenvalue weighted by Gasteiger charge is 2.22. The van der Waals surface area contributed by atoms with Gasteiger partial charge in [-0.25, -0.2) is 0 Å². The first-order valence-electron chi connectivity index (χ1n) is 4.93. The quantitative estimate of drug-likeness (QED) is 0.749. The molecule has 1 aromatic carbocycles. The number of fused-ring (bicyclic) bond motifs is 1. The molecule has 82 valence electrons. The van der Waals surface area contributed by atoms with Gasteiger partial charge in [0.15, 0.2) is 11.5 Å². The summed E-state index contributed by atoms with van der Waals surface area (Å²) in [6, 6.07) is 5.50. The molecule has 0 spiro atoms. The number of aliphatic hydroxyl groups excluding tert-OH is 1. The lowest BCUT2D eigenvalue weighted by molar-refractivity contribution is 0.170. The van der Waals surface area contributed by atoms with Crippen molar-refractivity contribution in [3.63, 3.8) is 0 Å². The fraction of sp³-hybridized carbons (Fsp3) is 0.455. The second kappa shape index (κ2) is 3.72. The van der Waals surface area contributed by atoms with Crippen LogP contribution in [0, 0.1) is 0 Å². The van der Waals surface area contributed by atoms with Crippen LogP contribution in [0.25, 0.3) is 0 Å². The van der Waals surface area contributed by atoms with E-state index in [9.17, 15) is 0 Å². The van der Waals surface area contributed by atoms with Crippen molar-refractivity contribution in [3.8, 4) is 11.5 Å². The average molecular weight is 209 g/mol. The number of rotatable bonds is 2. The normalized spacial score (nSPS) is 18.3. The SMILES string of the molecule is C[C@](N)(CO)c1ccc2c(c1)OCCO2. The molecule has 0 amide bonds. The number of ether oxygens (including phenoxy) is 2. The minimum Gasteiger partial charge on any atom is -0.486 e. The van der Waals surface area contributed by atoms with Crippen molar-refractivity contribution >= 4 is 0 Å². The summed E-state index contributed by atoms with van der Waals surface area (Å²) in [5.41, 5.74) is 6.03. The van der Waals surface area contributed by atoms with E-state index in [2.05, 4.69) is 0 Å². The zero-order valence-corrected chi connectivity index (χ0v) is 8.69. The third-order valence-corrected chi connectivity index (χ3v) is 2.53. The molecule has 3 N–H and O–H groups in total. The zero-order valence-electron chi connectivity index (χ0n) is 8.69. The highest BCUT2D eigenvalue weighted by molar-refractivity contribution is 5.45. The van der Waals surface area contributed by atoms with Crippen molar-refractivity contribution in [2.75, 3.05) is 19.8 Å². The molecule has 1 aliphatic rings. The Labute approximate surface area is 88.6 Å². The maximum absolute atomic E-state index is 9.15. The Hall–Kier alpha value is -1.26. The molecule has 0 fully saturated rings.